The summed E-state index contributed by atoms with van der Waals surface area (Å²) in [5, 5.41) is 12.8. The zero-order chi connectivity index (χ0) is 22.6. The Morgan fingerprint density at radius 3 is 2.48 bits per heavy atom. The van der Waals surface area contributed by atoms with Crippen molar-refractivity contribution in [2.75, 3.05) is 0 Å². The fourth-order valence-corrected chi connectivity index (χ4v) is 6.41. The minimum Gasteiger partial charge on any atom is -0.480 e. The minimum atomic E-state index is -4.70. The maximum atomic E-state index is 12.9. The second kappa shape index (κ2) is 7.18. The zero-order valence-corrected chi connectivity index (χ0v) is 17.4. The smallest absolute Gasteiger partial charge is 0.436 e. The molecule has 1 saturated carbocycles. The van der Waals surface area contributed by atoms with E-state index in [4.69, 9.17) is 0 Å². The van der Waals surface area contributed by atoms with Crippen molar-refractivity contribution in [2.24, 2.45) is 5.92 Å². The van der Waals surface area contributed by atoms with Gasteiger partial charge in [0, 0.05) is 12.0 Å². The number of alkyl halides is 3. The second-order valence-corrected chi connectivity index (χ2v) is 10.1. The molecule has 0 amide bonds. The van der Waals surface area contributed by atoms with E-state index in [0.717, 1.165) is 0 Å². The van der Waals surface area contributed by atoms with E-state index in [0.29, 0.717) is 23.0 Å². The van der Waals surface area contributed by atoms with E-state index in [1.165, 1.54) is 12.1 Å². The molecule has 12 heteroatoms. The first-order chi connectivity index (χ1) is 14.5. The van der Waals surface area contributed by atoms with Crippen molar-refractivity contribution in [1.82, 2.24) is 9.88 Å². The van der Waals surface area contributed by atoms with Crippen LogP contribution in [0.2, 0.25) is 0 Å². The van der Waals surface area contributed by atoms with Gasteiger partial charge in [-0.25, -0.2) is 8.42 Å². The van der Waals surface area contributed by atoms with Crippen LogP contribution in [0.4, 0.5) is 13.2 Å². The molecule has 0 bridgehead atoms. The topological polar surface area (TPSA) is 110 Å². The maximum Gasteiger partial charge on any atom is 0.436 e. The Bertz CT molecular complexity index is 1240. The lowest BCUT2D eigenvalue weighted by molar-refractivity contribution is -0.143. The number of halogens is 3. The number of carboxylic acid groups (broad SMARTS) is 1. The van der Waals surface area contributed by atoms with E-state index in [-0.39, 0.29) is 14.8 Å². The summed E-state index contributed by atoms with van der Waals surface area (Å²) in [6.45, 7) is 1.64. The van der Waals surface area contributed by atoms with E-state index < -0.39 is 45.2 Å². The largest absolute Gasteiger partial charge is 0.480 e. The number of thiophene rings is 1. The van der Waals surface area contributed by atoms with E-state index in [1.807, 2.05) is 0 Å². The third-order valence-corrected chi connectivity index (χ3v) is 8.38. The molecule has 3 aromatic rings. The van der Waals surface area contributed by atoms with Gasteiger partial charge in [0.25, 0.3) is 10.0 Å². The maximum absolute atomic E-state index is 12.9. The fraction of sp³-hybridized carbons (Fsp3) is 0.263. The van der Waals surface area contributed by atoms with Gasteiger partial charge < -0.3 is 9.63 Å². The highest BCUT2D eigenvalue weighted by atomic mass is 32.2. The predicted molar refractivity (Wildman–Crippen MR) is 104 cm³/mol. The van der Waals surface area contributed by atoms with Gasteiger partial charge >= 0.3 is 12.1 Å². The number of benzene rings is 1. The van der Waals surface area contributed by atoms with Crippen LogP contribution in [0, 0.1) is 5.92 Å². The first kappa shape index (κ1) is 21.5. The predicted octanol–water partition coefficient (Wildman–Crippen LogP) is 3.96. The molecule has 1 fully saturated rings. The quantitative estimate of drug-likeness (QED) is 0.562. The molecule has 1 aromatic carbocycles. The SMILES string of the molecule is C[C@@H]1[C@H](c2ccccc2)[C@]1(NS(=O)(=O)c1ccc(-c2cc(C(F)(F)F)no2)s1)C(=O)O. The van der Waals surface area contributed by atoms with Gasteiger partial charge in [-0.15, -0.1) is 11.3 Å². The van der Waals surface area contributed by atoms with Gasteiger partial charge in [0.15, 0.2) is 11.5 Å². The van der Waals surface area contributed by atoms with Crippen molar-refractivity contribution >= 4 is 27.3 Å². The minimum absolute atomic E-state index is 0.108. The summed E-state index contributed by atoms with van der Waals surface area (Å²) in [4.78, 5) is 12.2. The average Bonchev–Trinajstić information content (AvgIpc) is 3.13. The number of sulfonamides is 1. The van der Waals surface area contributed by atoms with Gasteiger partial charge in [0.05, 0.1) is 4.88 Å². The van der Waals surface area contributed by atoms with Gasteiger partial charge in [0.1, 0.15) is 9.75 Å². The van der Waals surface area contributed by atoms with Crippen molar-refractivity contribution in [1.29, 1.82) is 0 Å². The number of aromatic nitrogens is 1. The molecule has 1 aliphatic rings. The number of aliphatic carboxylic acids is 1. The third kappa shape index (κ3) is 3.64. The summed E-state index contributed by atoms with van der Waals surface area (Å²) in [7, 11) is -4.28. The molecular weight excluding hydrogens is 457 g/mol. The molecule has 164 valence electrons. The molecule has 0 saturated heterocycles. The highest BCUT2D eigenvalue weighted by molar-refractivity contribution is 7.91. The first-order valence-corrected chi connectivity index (χ1v) is 11.2. The van der Waals surface area contributed by atoms with Gasteiger partial charge in [-0.1, -0.05) is 42.4 Å². The molecule has 1 aliphatic carbocycles. The van der Waals surface area contributed by atoms with Crippen LogP contribution in [0.15, 0.2) is 57.3 Å². The number of nitrogens with one attached hydrogen (secondary N) is 1. The van der Waals surface area contributed by atoms with Crippen molar-refractivity contribution in [2.45, 2.75) is 28.8 Å². The Kier molecular flexibility index (Phi) is 4.98. The average molecular weight is 472 g/mol. The van der Waals surface area contributed by atoms with Crippen molar-refractivity contribution in [3.8, 4) is 10.6 Å². The van der Waals surface area contributed by atoms with Crippen LogP contribution in [0.25, 0.3) is 10.6 Å². The normalized spacial score (nSPS) is 23.6. The Morgan fingerprint density at radius 1 is 1.23 bits per heavy atom. The Balaban J connectivity index is 1.62. The van der Waals surface area contributed by atoms with Crippen molar-refractivity contribution in [3.63, 3.8) is 0 Å². The molecule has 3 atom stereocenters. The van der Waals surface area contributed by atoms with Crippen LogP contribution in [-0.4, -0.2) is 30.2 Å². The van der Waals surface area contributed by atoms with Crippen LogP contribution in [0.1, 0.15) is 24.1 Å². The number of hydrogen-bond acceptors (Lipinski definition) is 6. The summed E-state index contributed by atoms with van der Waals surface area (Å²) in [6, 6.07) is 11.8. The molecule has 2 heterocycles. The number of carboxylic acids is 1. The molecule has 4 rings (SSSR count). The zero-order valence-electron chi connectivity index (χ0n) is 15.8. The standard InChI is InChI=1S/C19H15F3N2O5S2/c1-10-16(11-5-3-2-4-6-11)18(10,17(25)26)24-31(27,28)15-8-7-13(30-15)12-9-14(23-29-12)19(20,21)22/h2-10,16,24H,1H3,(H,25,26)/t10-,16-,18+/m1/s1. The van der Waals surface area contributed by atoms with Gasteiger partial charge in [-0.05, 0) is 23.6 Å². The lowest BCUT2D eigenvalue weighted by Gasteiger charge is -2.15. The van der Waals surface area contributed by atoms with E-state index in [1.54, 1.807) is 37.3 Å². The molecule has 0 spiro atoms. The van der Waals surface area contributed by atoms with E-state index in [2.05, 4.69) is 14.4 Å². The molecule has 0 radical (unpaired) electrons. The molecule has 2 aromatic heterocycles. The third-order valence-electron chi connectivity index (χ3n) is 5.31. The molecule has 7 nitrogen and oxygen atoms in total. The molecule has 2 N–H and O–H groups in total. The summed E-state index contributed by atoms with van der Waals surface area (Å²) in [6.07, 6.45) is -4.70. The van der Waals surface area contributed by atoms with Gasteiger partial charge in [0.2, 0.25) is 0 Å². The van der Waals surface area contributed by atoms with Crippen LogP contribution < -0.4 is 4.72 Å². The van der Waals surface area contributed by atoms with E-state index in [9.17, 15) is 31.5 Å². The number of carbonyl (C=O) groups is 1. The summed E-state index contributed by atoms with van der Waals surface area (Å²) >= 11 is 0.651. The van der Waals surface area contributed by atoms with Crippen LogP contribution in [0.5, 0.6) is 0 Å². The lowest BCUT2D eigenvalue weighted by atomic mass is 10.1. The highest BCUT2D eigenvalue weighted by Crippen LogP contribution is 2.58. The van der Waals surface area contributed by atoms with Crippen LogP contribution in [-0.2, 0) is 21.0 Å². The number of hydrogen-bond donors (Lipinski definition) is 2. The Morgan fingerprint density at radius 2 is 1.90 bits per heavy atom. The molecule has 0 unspecified atom stereocenters. The summed E-state index contributed by atoms with van der Waals surface area (Å²) < 4.78 is 70.7. The molecule has 0 aliphatic heterocycles. The van der Waals surface area contributed by atoms with Gasteiger partial charge in [-0.3, -0.25) is 4.79 Å². The molecular formula is C19H15F3N2O5S2. The van der Waals surface area contributed by atoms with Gasteiger partial charge in [-0.2, -0.15) is 17.9 Å². The number of rotatable bonds is 6. The lowest BCUT2D eigenvalue weighted by Crippen LogP contribution is -2.45. The monoisotopic (exact) mass is 472 g/mol. The fourth-order valence-electron chi connectivity index (χ4n) is 3.70. The van der Waals surface area contributed by atoms with Crippen LogP contribution >= 0.6 is 11.3 Å². The Hall–Kier alpha value is -2.70. The first-order valence-electron chi connectivity index (χ1n) is 8.93. The van der Waals surface area contributed by atoms with Crippen LogP contribution in [0.3, 0.4) is 0 Å². The Labute approximate surface area is 178 Å². The van der Waals surface area contributed by atoms with E-state index >= 15 is 0 Å². The molecule has 31 heavy (non-hydrogen) atoms. The summed E-state index contributed by atoms with van der Waals surface area (Å²) in [5.41, 5.74) is -2.27. The number of nitrogens with zero attached hydrogens (tertiary/aromatic N) is 1. The summed E-state index contributed by atoms with van der Waals surface area (Å²) in [5.74, 6) is -2.62. The highest BCUT2D eigenvalue weighted by Gasteiger charge is 2.70. The second-order valence-electron chi connectivity index (χ2n) is 7.15. The van der Waals surface area contributed by atoms with Crippen molar-refractivity contribution < 1.29 is 36.0 Å². The van der Waals surface area contributed by atoms with Crippen molar-refractivity contribution in [3.05, 3.63) is 59.8 Å².